The molecule has 0 bridgehead atoms. The van der Waals surface area contributed by atoms with Crippen molar-refractivity contribution in [1.29, 1.82) is 0 Å². The van der Waals surface area contributed by atoms with Crippen LogP contribution in [0.15, 0.2) is 24.3 Å². The van der Waals surface area contributed by atoms with Crippen molar-refractivity contribution >= 4 is 5.97 Å². The number of esters is 1. The highest BCUT2D eigenvalue weighted by Gasteiger charge is 2.23. The van der Waals surface area contributed by atoms with Gasteiger partial charge in [0, 0.05) is 6.42 Å². The number of hydrogen-bond acceptors (Lipinski definition) is 3. The van der Waals surface area contributed by atoms with Crippen LogP contribution in [-0.2, 0) is 9.53 Å². The standard InChI is InChI=1S/C21H36O3/c1-3-4-7-14-20(22)17-16-19-13-10-12-18(19)11-8-5-6-9-15-21(23)24-2/h5,8,16-20,22H,3-4,6-7,9-15H2,1-2H3/b8-5-,17-16+/t18-,19+,20+/m0/s1. The lowest BCUT2D eigenvalue weighted by atomic mass is 9.91. The van der Waals surface area contributed by atoms with Crippen LogP contribution in [0, 0.1) is 11.8 Å². The van der Waals surface area contributed by atoms with E-state index in [0.717, 1.165) is 32.1 Å². The summed E-state index contributed by atoms with van der Waals surface area (Å²) in [6.45, 7) is 2.19. The van der Waals surface area contributed by atoms with Crippen LogP contribution in [-0.4, -0.2) is 24.3 Å². The van der Waals surface area contributed by atoms with Crippen molar-refractivity contribution in [1.82, 2.24) is 0 Å². The molecule has 138 valence electrons. The molecule has 3 heteroatoms. The first-order valence-corrected chi connectivity index (χ1v) is 9.75. The number of carbonyl (C=O) groups excluding carboxylic acids is 1. The van der Waals surface area contributed by atoms with E-state index < -0.39 is 0 Å². The van der Waals surface area contributed by atoms with Crippen molar-refractivity contribution in [3.8, 4) is 0 Å². The van der Waals surface area contributed by atoms with Crippen LogP contribution in [0.2, 0.25) is 0 Å². The first-order chi connectivity index (χ1) is 11.7. The molecule has 3 atom stereocenters. The van der Waals surface area contributed by atoms with E-state index in [0.29, 0.717) is 18.3 Å². The fraction of sp³-hybridized carbons (Fsp3) is 0.762. The maximum atomic E-state index is 11.0. The number of rotatable bonds is 12. The maximum Gasteiger partial charge on any atom is 0.305 e. The van der Waals surface area contributed by atoms with E-state index in [4.69, 9.17) is 0 Å². The first-order valence-electron chi connectivity index (χ1n) is 9.75. The SMILES string of the molecule is CCCCC[C@@H](O)/C=C/[C@H]1CCC[C@@H]1C/C=C\CCCC(=O)OC. The summed E-state index contributed by atoms with van der Waals surface area (Å²) in [6.07, 6.45) is 20.1. The summed E-state index contributed by atoms with van der Waals surface area (Å²) in [5.41, 5.74) is 0. The molecule has 0 saturated heterocycles. The molecule has 0 heterocycles. The van der Waals surface area contributed by atoms with Gasteiger partial charge in [-0.2, -0.15) is 0 Å². The van der Waals surface area contributed by atoms with E-state index in [1.165, 1.54) is 39.2 Å². The Kier molecular flexibility index (Phi) is 11.5. The van der Waals surface area contributed by atoms with Crippen LogP contribution in [0.5, 0.6) is 0 Å². The van der Waals surface area contributed by atoms with E-state index in [2.05, 4.69) is 29.9 Å². The number of hydrogen-bond donors (Lipinski definition) is 1. The van der Waals surface area contributed by atoms with Gasteiger partial charge < -0.3 is 9.84 Å². The Hall–Kier alpha value is -1.09. The number of ether oxygens (including phenoxy) is 1. The first kappa shape index (κ1) is 21.0. The molecule has 1 fully saturated rings. The molecule has 1 rings (SSSR count). The van der Waals surface area contributed by atoms with E-state index in [1.807, 2.05) is 6.08 Å². The lowest BCUT2D eigenvalue weighted by Crippen LogP contribution is -2.07. The zero-order valence-corrected chi connectivity index (χ0v) is 15.6. The summed E-state index contributed by atoms with van der Waals surface area (Å²) < 4.78 is 4.64. The van der Waals surface area contributed by atoms with E-state index >= 15 is 0 Å². The van der Waals surface area contributed by atoms with Crippen LogP contribution < -0.4 is 0 Å². The quantitative estimate of drug-likeness (QED) is 0.303. The Bertz CT molecular complexity index is 387. The lowest BCUT2D eigenvalue weighted by Gasteiger charge is -2.15. The van der Waals surface area contributed by atoms with Gasteiger partial charge in [0.1, 0.15) is 0 Å². The predicted molar refractivity (Wildman–Crippen MR) is 99.7 cm³/mol. The molecular weight excluding hydrogens is 300 g/mol. The van der Waals surface area contributed by atoms with Crippen molar-refractivity contribution in [2.45, 2.75) is 83.7 Å². The van der Waals surface area contributed by atoms with Crippen molar-refractivity contribution in [2.75, 3.05) is 7.11 Å². The van der Waals surface area contributed by atoms with Crippen LogP contribution in [0.25, 0.3) is 0 Å². The molecule has 0 amide bonds. The Morgan fingerprint density at radius 1 is 1.25 bits per heavy atom. The molecule has 3 nitrogen and oxygen atoms in total. The van der Waals surface area contributed by atoms with Gasteiger partial charge in [-0.15, -0.1) is 0 Å². The highest BCUT2D eigenvalue weighted by molar-refractivity contribution is 5.69. The third-order valence-electron chi connectivity index (χ3n) is 4.99. The van der Waals surface area contributed by atoms with Crippen molar-refractivity contribution in [3.63, 3.8) is 0 Å². The van der Waals surface area contributed by atoms with Gasteiger partial charge in [-0.25, -0.2) is 0 Å². The van der Waals surface area contributed by atoms with Crippen molar-refractivity contribution in [2.24, 2.45) is 11.8 Å². The second kappa shape index (κ2) is 13.2. The number of aliphatic hydroxyl groups excluding tert-OH is 1. The molecule has 1 aliphatic rings. The molecule has 0 unspecified atom stereocenters. The summed E-state index contributed by atoms with van der Waals surface area (Å²) in [7, 11) is 1.44. The molecule has 0 radical (unpaired) electrons. The molecule has 0 aromatic heterocycles. The lowest BCUT2D eigenvalue weighted by molar-refractivity contribution is -0.140. The Morgan fingerprint density at radius 3 is 2.83 bits per heavy atom. The number of aliphatic hydroxyl groups is 1. The minimum Gasteiger partial charge on any atom is -0.469 e. The smallest absolute Gasteiger partial charge is 0.305 e. The van der Waals surface area contributed by atoms with Crippen molar-refractivity contribution < 1.29 is 14.6 Å². The van der Waals surface area contributed by atoms with E-state index in [1.54, 1.807) is 0 Å². The average molecular weight is 337 g/mol. The summed E-state index contributed by atoms with van der Waals surface area (Å²) in [6, 6.07) is 0. The summed E-state index contributed by atoms with van der Waals surface area (Å²) in [5.74, 6) is 1.20. The van der Waals surface area contributed by atoms with Gasteiger partial charge in [0.2, 0.25) is 0 Å². The predicted octanol–water partition coefficient (Wildman–Crippen LogP) is 5.19. The molecule has 0 aromatic carbocycles. The van der Waals surface area contributed by atoms with E-state index in [9.17, 15) is 9.90 Å². The fourth-order valence-corrected chi connectivity index (χ4v) is 3.44. The molecule has 0 aromatic rings. The largest absolute Gasteiger partial charge is 0.469 e. The number of allylic oxidation sites excluding steroid dienone is 3. The van der Waals surface area contributed by atoms with Crippen LogP contribution in [0.4, 0.5) is 0 Å². The zero-order valence-electron chi connectivity index (χ0n) is 15.6. The van der Waals surface area contributed by atoms with Gasteiger partial charge in [0.15, 0.2) is 0 Å². The zero-order chi connectivity index (χ0) is 17.6. The highest BCUT2D eigenvalue weighted by Crippen LogP contribution is 2.35. The van der Waals surface area contributed by atoms with Gasteiger partial charge in [-0.1, -0.05) is 56.9 Å². The Morgan fingerprint density at radius 2 is 2.08 bits per heavy atom. The molecule has 24 heavy (non-hydrogen) atoms. The van der Waals surface area contributed by atoms with Crippen LogP contribution >= 0.6 is 0 Å². The number of unbranched alkanes of at least 4 members (excludes halogenated alkanes) is 3. The van der Waals surface area contributed by atoms with Gasteiger partial charge in [-0.05, 0) is 50.4 Å². The topological polar surface area (TPSA) is 46.5 Å². The van der Waals surface area contributed by atoms with Crippen LogP contribution in [0.3, 0.4) is 0 Å². The summed E-state index contributed by atoms with van der Waals surface area (Å²) >= 11 is 0. The van der Waals surface area contributed by atoms with Crippen LogP contribution in [0.1, 0.15) is 77.6 Å². The summed E-state index contributed by atoms with van der Waals surface area (Å²) in [5, 5.41) is 10.0. The second-order valence-electron chi connectivity index (χ2n) is 6.98. The van der Waals surface area contributed by atoms with Crippen molar-refractivity contribution in [3.05, 3.63) is 24.3 Å². The fourth-order valence-electron chi connectivity index (χ4n) is 3.44. The maximum absolute atomic E-state index is 11.0. The van der Waals surface area contributed by atoms with E-state index in [-0.39, 0.29) is 12.1 Å². The Balaban J connectivity index is 2.23. The molecular formula is C21H36O3. The molecule has 1 N–H and O–H groups in total. The second-order valence-corrected chi connectivity index (χ2v) is 6.98. The number of methoxy groups -OCH3 is 1. The third kappa shape index (κ3) is 9.27. The van der Waals surface area contributed by atoms with Gasteiger partial charge in [-0.3, -0.25) is 4.79 Å². The highest BCUT2D eigenvalue weighted by atomic mass is 16.5. The average Bonchev–Trinajstić information content (AvgIpc) is 3.03. The van der Waals surface area contributed by atoms with Gasteiger partial charge in [0.25, 0.3) is 0 Å². The summed E-state index contributed by atoms with van der Waals surface area (Å²) in [4.78, 5) is 11.0. The molecule has 1 aliphatic carbocycles. The van der Waals surface area contributed by atoms with Gasteiger partial charge >= 0.3 is 5.97 Å². The molecule has 0 spiro atoms. The minimum absolute atomic E-state index is 0.123. The Labute approximate surface area is 148 Å². The normalized spacial score (nSPS) is 22.5. The number of carbonyl (C=O) groups is 1. The minimum atomic E-state index is -0.272. The molecule has 0 aliphatic heterocycles. The third-order valence-corrected chi connectivity index (χ3v) is 4.99. The monoisotopic (exact) mass is 336 g/mol. The van der Waals surface area contributed by atoms with Gasteiger partial charge in [0.05, 0.1) is 13.2 Å². The molecule has 1 saturated carbocycles.